The van der Waals surface area contributed by atoms with Gasteiger partial charge in [-0.15, -0.1) is 0 Å². The van der Waals surface area contributed by atoms with Gasteiger partial charge in [0.25, 0.3) is 0 Å². The second-order valence-corrected chi connectivity index (χ2v) is 7.27. The van der Waals surface area contributed by atoms with Gasteiger partial charge >= 0.3 is 0 Å². The summed E-state index contributed by atoms with van der Waals surface area (Å²) in [6.07, 6.45) is 1.63. The fourth-order valence-electron chi connectivity index (χ4n) is 2.86. The minimum atomic E-state index is 0.342. The summed E-state index contributed by atoms with van der Waals surface area (Å²) in [6.45, 7) is 0.342. The molecule has 4 rings (SSSR count). The van der Waals surface area contributed by atoms with Crippen molar-refractivity contribution in [2.24, 2.45) is 5.10 Å². The number of nitrogens with one attached hydrogen (secondary N) is 2. The SMILES string of the molecule is COc1cc(/C=N\Nc2nc3ccccc3[nH]2)cc(Cl)c1OCc1ccc(Cl)cc1. The Hall–Kier alpha value is -3.22. The third kappa shape index (κ3) is 4.67. The summed E-state index contributed by atoms with van der Waals surface area (Å²) < 4.78 is 11.3. The van der Waals surface area contributed by atoms with Gasteiger partial charge in [-0.2, -0.15) is 5.10 Å². The lowest BCUT2D eigenvalue weighted by Crippen LogP contribution is -2.00. The van der Waals surface area contributed by atoms with Crippen LogP contribution in [0.2, 0.25) is 10.0 Å². The van der Waals surface area contributed by atoms with Crippen molar-refractivity contribution in [3.05, 3.63) is 81.8 Å². The molecule has 0 saturated heterocycles. The molecule has 6 nitrogen and oxygen atoms in total. The van der Waals surface area contributed by atoms with Crippen LogP contribution in [0.15, 0.2) is 65.8 Å². The first kappa shape index (κ1) is 20.1. The maximum absolute atomic E-state index is 6.43. The second-order valence-electron chi connectivity index (χ2n) is 6.42. The van der Waals surface area contributed by atoms with Crippen molar-refractivity contribution in [1.29, 1.82) is 0 Å². The van der Waals surface area contributed by atoms with E-state index in [0.717, 1.165) is 22.2 Å². The second kappa shape index (κ2) is 9.07. The highest BCUT2D eigenvalue weighted by Crippen LogP contribution is 2.36. The highest BCUT2D eigenvalue weighted by atomic mass is 35.5. The maximum Gasteiger partial charge on any atom is 0.222 e. The zero-order valence-electron chi connectivity index (χ0n) is 16.0. The van der Waals surface area contributed by atoms with Crippen LogP contribution in [0.25, 0.3) is 11.0 Å². The topological polar surface area (TPSA) is 71.5 Å². The van der Waals surface area contributed by atoms with E-state index in [1.807, 2.05) is 48.5 Å². The molecule has 0 aliphatic heterocycles. The molecule has 0 amide bonds. The van der Waals surface area contributed by atoms with E-state index in [1.54, 1.807) is 25.5 Å². The highest BCUT2D eigenvalue weighted by molar-refractivity contribution is 6.32. The van der Waals surface area contributed by atoms with Crippen LogP contribution in [0.3, 0.4) is 0 Å². The predicted octanol–water partition coefficient (Wildman–Crippen LogP) is 5.90. The van der Waals surface area contributed by atoms with Gasteiger partial charge in [0.15, 0.2) is 11.5 Å². The normalized spacial score (nSPS) is 11.2. The number of benzene rings is 3. The number of aromatic amines is 1. The Labute approximate surface area is 183 Å². The molecule has 1 heterocycles. The van der Waals surface area contributed by atoms with Gasteiger partial charge in [-0.1, -0.05) is 47.5 Å². The van der Waals surface area contributed by atoms with Gasteiger partial charge in [0.1, 0.15) is 6.61 Å². The molecule has 4 aromatic rings. The zero-order valence-corrected chi connectivity index (χ0v) is 17.5. The number of H-pyrrole nitrogens is 1. The van der Waals surface area contributed by atoms with Crippen molar-refractivity contribution >= 4 is 46.4 Å². The van der Waals surface area contributed by atoms with E-state index >= 15 is 0 Å². The van der Waals surface area contributed by atoms with Crippen LogP contribution in [-0.4, -0.2) is 23.3 Å². The van der Waals surface area contributed by atoms with Gasteiger partial charge in [-0.3, -0.25) is 0 Å². The molecule has 30 heavy (non-hydrogen) atoms. The number of rotatable bonds is 7. The van der Waals surface area contributed by atoms with Crippen molar-refractivity contribution in [1.82, 2.24) is 9.97 Å². The Bertz CT molecular complexity index is 1160. The summed E-state index contributed by atoms with van der Waals surface area (Å²) in [5.41, 5.74) is 6.40. The molecule has 0 fully saturated rings. The van der Waals surface area contributed by atoms with E-state index < -0.39 is 0 Å². The Morgan fingerprint density at radius 3 is 2.67 bits per heavy atom. The van der Waals surface area contributed by atoms with Crippen LogP contribution in [0.4, 0.5) is 5.95 Å². The standard InChI is InChI=1S/C22H18Cl2N4O2/c1-29-20-11-15(12-25-28-22-26-18-4-2-3-5-19(18)27-22)10-17(24)21(20)30-13-14-6-8-16(23)9-7-14/h2-12H,13H2,1H3,(H2,26,27,28)/b25-12-. The molecule has 152 valence electrons. The quantitative estimate of drug-likeness (QED) is 0.277. The number of hydrogen-bond acceptors (Lipinski definition) is 5. The third-order valence-corrected chi connectivity index (χ3v) is 4.85. The summed E-state index contributed by atoms with van der Waals surface area (Å²) in [7, 11) is 1.56. The van der Waals surface area contributed by atoms with E-state index in [2.05, 4.69) is 20.5 Å². The maximum atomic E-state index is 6.43. The molecule has 0 unspecified atom stereocenters. The summed E-state index contributed by atoms with van der Waals surface area (Å²) >= 11 is 12.3. The minimum absolute atomic E-state index is 0.342. The number of fused-ring (bicyclic) bond motifs is 1. The Morgan fingerprint density at radius 1 is 1.10 bits per heavy atom. The number of methoxy groups -OCH3 is 1. The smallest absolute Gasteiger partial charge is 0.222 e. The predicted molar refractivity (Wildman–Crippen MR) is 121 cm³/mol. The molecule has 0 spiro atoms. The average molecular weight is 441 g/mol. The monoisotopic (exact) mass is 440 g/mol. The number of halogens is 2. The molecule has 0 bridgehead atoms. The van der Waals surface area contributed by atoms with E-state index in [9.17, 15) is 0 Å². The fraction of sp³-hybridized carbons (Fsp3) is 0.0909. The largest absolute Gasteiger partial charge is 0.493 e. The average Bonchev–Trinajstić information content (AvgIpc) is 3.16. The lowest BCUT2D eigenvalue weighted by Gasteiger charge is -2.13. The molecule has 0 aliphatic rings. The van der Waals surface area contributed by atoms with Gasteiger partial charge in [0.05, 0.1) is 29.4 Å². The van der Waals surface area contributed by atoms with Crippen LogP contribution in [0.1, 0.15) is 11.1 Å². The third-order valence-electron chi connectivity index (χ3n) is 4.32. The van der Waals surface area contributed by atoms with Crippen molar-refractivity contribution in [3.8, 4) is 11.5 Å². The van der Waals surface area contributed by atoms with E-state index in [4.69, 9.17) is 32.7 Å². The lowest BCUT2D eigenvalue weighted by molar-refractivity contribution is 0.284. The zero-order chi connectivity index (χ0) is 20.9. The minimum Gasteiger partial charge on any atom is -0.493 e. The Morgan fingerprint density at radius 2 is 1.90 bits per heavy atom. The molecular formula is C22H18Cl2N4O2. The van der Waals surface area contributed by atoms with Gasteiger partial charge in [-0.25, -0.2) is 10.4 Å². The van der Waals surface area contributed by atoms with Crippen molar-refractivity contribution in [2.75, 3.05) is 12.5 Å². The number of anilines is 1. The number of hydrazone groups is 1. The first-order chi connectivity index (χ1) is 14.6. The number of hydrogen-bond donors (Lipinski definition) is 2. The molecule has 8 heteroatoms. The molecule has 2 N–H and O–H groups in total. The number of aromatic nitrogens is 2. The van der Waals surface area contributed by atoms with Crippen LogP contribution in [-0.2, 0) is 6.61 Å². The number of nitrogens with zero attached hydrogens (tertiary/aromatic N) is 2. The Balaban J connectivity index is 1.46. The van der Waals surface area contributed by atoms with Gasteiger partial charge < -0.3 is 14.5 Å². The number of para-hydroxylation sites is 2. The summed E-state index contributed by atoms with van der Waals surface area (Å²) in [6, 6.07) is 18.7. The van der Waals surface area contributed by atoms with Gasteiger partial charge in [0, 0.05) is 5.02 Å². The van der Waals surface area contributed by atoms with Crippen molar-refractivity contribution < 1.29 is 9.47 Å². The van der Waals surface area contributed by atoms with Crippen molar-refractivity contribution in [2.45, 2.75) is 6.61 Å². The van der Waals surface area contributed by atoms with E-state index in [-0.39, 0.29) is 0 Å². The summed E-state index contributed by atoms with van der Waals surface area (Å²) in [4.78, 5) is 7.55. The van der Waals surface area contributed by atoms with Gasteiger partial charge in [0.2, 0.25) is 5.95 Å². The van der Waals surface area contributed by atoms with Crippen LogP contribution in [0, 0.1) is 0 Å². The number of imidazole rings is 1. The molecule has 0 aliphatic carbocycles. The Kier molecular flexibility index (Phi) is 6.07. The fourth-order valence-corrected chi connectivity index (χ4v) is 3.26. The van der Waals surface area contributed by atoms with Gasteiger partial charge in [-0.05, 0) is 47.5 Å². The highest BCUT2D eigenvalue weighted by Gasteiger charge is 2.12. The van der Waals surface area contributed by atoms with E-state index in [0.29, 0.717) is 34.1 Å². The molecular weight excluding hydrogens is 423 g/mol. The van der Waals surface area contributed by atoms with Crippen molar-refractivity contribution in [3.63, 3.8) is 0 Å². The van der Waals surface area contributed by atoms with Crippen LogP contribution < -0.4 is 14.9 Å². The number of ether oxygens (including phenoxy) is 2. The molecule has 0 atom stereocenters. The van der Waals surface area contributed by atoms with Crippen LogP contribution >= 0.6 is 23.2 Å². The summed E-state index contributed by atoms with van der Waals surface area (Å²) in [5.74, 6) is 1.53. The summed E-state index contributed by atoms with van der Waals surface area (Å²) in [5, 5.41) is 5.32. The molecule has 3 aromatic carbocycles. The van der Waals surface area contributed by atoms with E-state index in [1.165, 1.54) is 0 Å². The lowest BCUT2D eigenvalue weighted by atomic mass is 10.2. The molecule has 1 aromatic heterocycles. The molecule has 0 radical (unpaired) electrons. The first-order valence-corrected chi connectivity index (χ1v) is 9.86. The molecule has 0 saturated carbocycles. The van der Waals surface area contributed by atoms with Crippen LogP contribution in [0.5, 0.6) is 11.5 Å². The first-order valence-electron chi connectivity index (χ1n) is 9.11.